The molecule has 8 heteroatoms. The zero-order chi connectivity index (χ0) is 13.1. The summed E-state index contributed by atoms with van der Waals surface area (Å²) in [7, 11) is 1.59. The van der Waals surface area contributed by atoms with Crippen molar-refractivity contribution in [2.24, 2.45) is 5.73 Å². The van der Waals surface area contributed by atoms with Crippen LogP contribution < -0.4 is 17.0 Å². The van der Waals surface area contributed by atoms with Gasteiger partial charge >= 0.3 is 5.69 Å². The normalized spacial score (nSPS) is 11.2. The Morgan fingerprint density at radius 1 is 1.39 bits per heavy atom. The first-order chi connectivity index (χ1) is 8.67. The predicted molar refractivity (Wildman–Crippen MR) is 65.4 cm³/mol. The van der Waals surface area contributed by atoms with Crippen molar-refractivity contribution in [3.8, 4) is 0 Å². The average Bonchev–Trinajstić information content (AvgIpc) is 2.78. The minimum Gasteiger partial charge on any atom is -0.385 e. The number of ether oxygens (including phenoxy) is 1. The molecule has 0 radical (unpaired) electrons. The van der Waals surface area contributed by atoms with Gasteiger partial charge in [-0.15, -0.1) is 0 Å². The van der Waals surface area contributed by atoms with E-state index in [1.54, 1.807) is 7.11 Å². The molecule has 0 bridgehead atoms. The highest BCUT2D eigenvalue weighted by Crippen LogP contribution is 2.04. The van der Waals surface area contributed by atoms with Gasteiger partial charge < -0.3 is 15.5 Å². The van der Waals surface area contributed by atoms with Crippen LogP contribution in [0.2, 0.25) is 0 Å². The van der Waals surface area contributed by atoms with Crippen LogP contribution in [0.4, 0.5) is 0 Å². The number of aryl methyl sites for hydroxylation is 1. The first-order valence-corrected chi connectivity index (χ1v) is 5.58. The zero-order valence-corrected chi connectivity index (χ0v) is 10.0. The first kappa shape index (κ1) is 12.5. The van der Waals surface area contributed by atoms with E-state index in [4.69, 9.17) is 10.5 Å². The molecular formula is C10H15N5O3. The Kier molecular flexibility index (Phi) is 3.58. The second-order valence-electron chi connectivity index (χ2n) is 3.84. The number of nitrogens with one attached hydrogen (secondary N) is 2. The number of imidazole rings is 1. The molecular weight excluding hydrogens is 238 g/mol. The molecule has 0 aliphatic rings. The summed E-state index contributed by atoms with van der Waals surface area (Å²) in [5.41, 5.74) is 5.11. The molecule has 8 nitrogen and oxygen atoms in total. The third-order valence-corrected chi connectivity index (χ3v) is 2.61. The van der Waals surface area contributed by atoms with Crippen LogP contribution >= 0.6 is 0 Å². The van der Waals surface area contributed by atoms with E-state index < -0.39 is 11.2 Å². The van der Waals surface area contributed by atoms with E-state index in [1.165, 1.54) is 4.57 Å². The maximum atomic E-state index is 11.7. The van der Waals surface area contributed by atoms with Gasteiger partial charge in [-0.3, -0.25) is 14.3 Å². The Morgan fingerprint density at radius 2 is 2.17 bits per heavy atom. The minimum atomic E-state index is -0.481. The Morgan fingerprint density at radius 3 is 2.83 bits per heavy atom. The molecule has 0 atom stereocenters. The summed E-state index contributed by atoms with van der Waals surface area (Å²) >= 11 is 0. The second-order valence-corrected chi connectivity index (χ2v) is 3.84. The predicted octanol–water partition coefficient (Wildman–Crippen LogP) is -1.09. The maximum absolute atomic E-state index is 11.7. The van der Waals surface area contributed by atoms with Crippen LogP contribution in [0.1, 0.15) is 12.2 Å². The Labute approximate surface area is 102 Å². The Hall–Kier alpha value is -1.93. The number of hydrogen-bond donors (Lipinski definition) is 3. The zero-order valence-electron chi connectivity index (χ0n) is 10.0. The van der Waals surface area contributed by atoms with Crippen molar-refractivity contribution in [1.29, 1.82) is 0 Å². The third-order valence-electron chi connectivity index (χ3n) is 2.61. The van der Waals surface area contributed by atoms with E-state index in [1.807, 2.05) is 0 Å². The van der Waals surface area contributed by atoms with E-state index in [2.05, 4.69) is 15.0 Å². The van der Waals surface area contributed by atoms with Crippen molar-refractivity contribution < 1.29 is 4.74 Å². The molecule has 2 heterocycles. The summed E-state index contributed by atoms with van der Waals surface area (Å²) in [4.78, 5) is 32.5. The molecule has 0 fully saturated rings. The largest absolute Gasteiger partial charge is 0.385 e. The van der Waals surface area contributed by atoms with Crippen LogP contribution in [0.3, 0.4) is 0 Å². The number of H-pyrrole nitrogens is 2. The molecule has 18 heavy (non-hydrogen) atoms. The lowest BCUT2D eigenvalue weighted by Gasteiger charge is -2.04. The van der Waals surface area contributed by atoms with Crippen LogP contribution in [0.25, 0.3) is 11.2 Å². The molecule has 2 rings (SSSR count). The molecule has 98 valence electrons. The van der Waals surface area contributed by atoms with Crippen molar-refractivity contribution in [2.45, 2.75) is 19.5 Å². The fourth-order valence-electron chi connectivity index (χ4n) is 1.76. The molecule has 4 N–H and O–H groups in total. The van der Waals surface area contributed by atoms with Gasteiger partial charge in [-0.1, -0.05) is 0 Å². The van der Waals surface area contributed by atoms with Crippen molar-refractivity contribution >= 4 is 11.2 Å². The van der Waals surface area contributed by atoms with Crippen LogP contribution in [0.15, 0.2) is 9.59 Å². The molecule has 0 unspecified atom stereocenters. The fraction of sp³-hybridized carbons (Fsp3) is 0.500. The monoisotopic (exact) mass is 253 g/mol. The van der Waals surface area contributed by atoms with Gasteiger partial charge in [0.2, 0.25) is 0 Å². The maximum Gasteiger partial charge on any atom is 0.330 e. The lowest BCUT2D eigenvalue weighted by molar-refractivity contribution is 0.190. The number of nitrogens with two attached hydrogens (primary N) is 1. The number of aromatic nitrogens is 4. The van der Waals surface area contributed by atoms with Gasteiger partial charge in [-0.2, -0.15) is 0 Å². The van der Waals surface area contributed by atoms with Crippen LogP contribution in [-0.4, -0.2) is 33.2 Å². The minimum absolute atomic E-state index is 0.181. The van der Waals surface area contributed by atoms with E-state index >= 15 is 0 Å². The van der Waals surface area contributed by atoms with Crippen molar-refractivity contribution in [2.75, 3.05) is 13.7 Å². The van der Waals surface area contributed by atoms with E-state index in [0.717, 1.165) is 0 Å². The first-order valence-electron chi connectivity index (χ1n) is 5.58. The third kappa shape index (κ3) is 2.20. The summed E-state index contributed by atoms with van der Waals surface area (Å²) in [6.45, 7) is 1.14. The number of nitrogens with zero attached hydrogens (tertiary/aromatic N) is 2. The summed E-state index contributed by atoms with van der Waals surface area (Å²) < 4.78 is 6.34. The molecule has 2 aromatic heterocycles. The smallest absolute Gasteiger partial charge is 0.330 e. The summed E-state index contributed by atoms with van der Waals surface area (Å²) in [6.07, 6.45) is 0.655. The number of hydrogen-bond acceptors (Lipinski definition) is 5. The molecule has 0 aromatic carbocycles. The fourth-order valence-corrected chi connectivity index (χ4v) is 1.76. The van der Waals surface area contributed by atoms with Gasteiger partial charge in [0.05, 0.1) is 6.54 Å². The van der Waals surface area contributed by atoms with Crippen LogP contribution in [0.5, 0.6) is 0 Å². The molecule has 0 aliphatic carbocycles. The Balaban J connectivity index is 2.53. The van der Waals surface area contributed by atoms with Crippen LogP contribution in [0, 0.1) is 0 Å². The van der Waals surface area contributed by atoms with Crippen molar-refractivity contribution in [3.63, 3.8) is 0 Å². The van der Waals surface area contributed by atoms with Gasteiger partial charge in [0.1, 0.15) is 11.3 Å². The highest BCUT2D eigenvalue weighted by molar-refractivity contribution is 5.69. The summed E-state index contributed by atoms with van der Waals surface area (Å²) in [5, 5.41) is 0. The standard InChI is InChI=1S/C10H15N5O3/c1-18-4-2-3-15-8-7(9(16)14-10(15)17)12-6(5-11)13-8/h2-5,11H2,1H3,(H,12,13)(H,14,16,17). The molecule has 0 spiro atoms. The molecule has 0 amide bonds. The SMILES string of the molecule is COCCCn1c(=O)[nH]c(=O)c2[nH]c(CN)nc21. The van der Waals surface area contributed by atoms with E-state index in [-0.39, 0.29) is 12.1 Å². The number of rotatable bonds is 5. The molecule has 2 aromatic rings. The second kappa shape index (κ2) is 5.15. The highest BCUT2D eigenvalue weighted by Gasteiger charge is 2.11. The number of methoxy groups -OCH3 is 1. The van der Waals surface area contributed by atoms with E-state index in [0.29, 0.717) is 31.0 Å². The van der Waals surface area contributed by atoms with E-state index in [9.17, 15) is 9.59 Å². The Bertz CT molecular complexity index is 654. The van der Waals surface area contributed by atoms with Crippen molar-refractivity contribution in [3.05, 3.63) is 26.7 Å². The molecule has 0 saturated heterocycles. The quantitative estimate of drug-likeness (QED) is 0.585. The molecule has 0 saturated carbocycles. The van der Waals surface area contributed by atoms with Gasteiger partial charge in [0.25, 0.3) is 5.56 Å². The van der Waals surface area contributed by atoms with Crippen molar-refractivity contribution in [1.82, 2.24) is 19.5 Å². The van der Waals surface area contributed by atoms with Crippen LogP contribution in [-0.2, 0) is 17.8 Å². The topological polar surface area (TPSA) is 119 Å². The highest BCUT2D eigenvalue weighted by atomic mass is 16.5. The summed E-state index contributed by atoms with van der Waals surface area (Å²) in [6, 6.07) is 0. The van der Waals surface area contributed by atoms with Gasteiger partial charge in [0.15, 0.2) is 5.65 Å². The molecule has 0 aliphatic heterocycles. The lowest BCUT2D eigenvalue weighted by Crippen LogP contribution is -2.30. The number of aromatic amines is 2. The lowest BCUT2D eigenvalue weighted by atomic mass is 10.4. The van der Waals surface area contributed by atoms with Gasteiger partial charge in [0, 0.05) is 20.3 Å². The number of fused-ring (bicyclic) bond motifs is 1. The van der Waals surface area contributed by atoms with Gasteiger partial charge in [-0.25, -0.2) is 9.78 Å². The average molecular weight is 253 g/mol. The summed E-state index contributed by atoms with van der Waals surface area (Å²) in [5.74, 6) is 0.474. The van der Waals surface area contributed by atoms with Gasteiger partial charge in [-0.05, 0) is 6.42 Å².